The number of carbonyl (C=O) groups excluding carboxylic acids is 3. The quantitative estimate of drug-likeness (QED) is 0.605. The summed E-state index contributed by atoms with van der Waals surface area (Å²) < 4.78 is 10.3. The first-order chi connectivity index (χ1) is 14.2. The molecule has 0 aromatic heterocycles. The SMILES string of the molecule is COc1ccc(C(=O)NCCNC(=O)c2cccc(NC(=O)OC(C)(C)C)c2)cc1. The third kappa shape index (κ3) is 7.46. The lowest BCUT2D eigenvalue weighted by Crippen LogP contribution is -2.34. The van der Waals surface area contributed by atoms with Gasteiger partial charge in [-0.2, -0.15) is 0 Å². The average Bonchev–Trinajstić information content (AvgIpc) is 2.69. The van der Waals surface area contributed by atoms with Gasteiger partial charge in [0.05, 0.1) is 7.11 Å². The first kappa shape index (κ1) is 22.7. The zero-order chi connectivity index (χ0) is 22.1. The largest absolute Gasteiger partial charge is 0.497 e. The smallest absolute Gasteiger partial charge is 0.412 e. The zero-order valence-corrected chi connectivity index (χ0v) is 17.6. The molecule has 160 valence electrons. The summed E-state index contributed by atoms with van der Waals surface area (Å²) in [6, 6.07) is 13.2. The molecule has 0 fully saturated rings. The van der Waals surface area contributed by atoms with Crippen molar-refractivity contribution in [2.24, 2.45) is 0 Å². The van der Waals surface area contributed by atoms with Crippen LogP contribution in [0.4, 0.5) is 10.5 Å². The van der Waals surface area contributed by atoms with Crippen LogP contribution in [0.15, 0.2) is 48.5 Å². The van der Waals surface area contributed by atoms with Crippen molar-refractivity contribution in [1.82, 2.24) is 10.6 Å². The molecular weight excluding hydrogens is 386 g/mol. The minimum absolute atomic E-state index is 0.240. The van der Waals surface area contributed by atoms with E-state index in [9.17, 15) is 14.4 Å². The van der Waals surface area contributed by atoms with Gasteiger partial charge >= 0.3 is 6.09 Å². The molecule has 3 amide bonds. The Morgan fingerprint density at radius 2 is 1.47 bits per heavy atom. The standard InChI is InChI=1S/C22H27N3O5/c1-22(2,3)30-21(28)25-17-7-5-6-16(14-17)20(27)24-13-12-23-19(26)15-8-10-18(29-4)11-9-15/h5-11,14H,12-13H2,1-4H3,(H,23,26)(H,24,27)(H,25,28). The molecule has 0 saturated heterocycles. The van der Waals surface area contributed by atoms with Crippen LogP contribution in [-0.2, 0) is 4.74 Å². The summed E-state index contributed by atoms with van der Waals surface area (Å²) in [6.07, 6.45) is -0.596. The molecule has 3 N–H and O–H groups in total. The van der Waals surface area contributed by atoms with Crippen molar-refractivity contribution in [3.05, 3.63) is 59.7 Å². The summed E-state index contributed by atoms with van der Waals surface area (Å²) in [5.41, 5.74) is 0.716. The molecule has 2 aromatic rings. The second-order valence-corrected chi connectivity index (χ2v) is 7.45. The molecule has 0 bridgehead atoms. The van der Waals surface area contributed by atoms with Crippen LogP contribution >= 0.6 is 0 Å². The molecule has 8 nitrogen and oxygen atoms in total. The Morgan fingerprint density at radius 1 is 0.867 bits per heavy atom. The van der Waals surface area contributed by atoms with Crippen LogP contribution in [0.25, 0.3) is 0 Å². The Balaban J connectivity index is 1.80. The van der Waals surface area contributed by atoms with Gasteiger partial charge in [0.2, 0.25) is 0 Å². The first-order valence-corrected chi connectivity index (χ1v) is 9.48. The topological polar surface area (TPSA) is 106 Å². The number of ether oxygens (including phenoxy) is 2. The van der Waals surface area contributed by atoms with Gasteiger partial charge in [0.1, 0.15) is 11.4 Å². The second-order valence-electron chi connectivity index (χ2n) is 7.45. The van der Waals surface area contributed by atoms with Crippen LogP contribution in [-0.4, -0.2) is 43.7 Å². The van der Waals surface area contributed by atoms with Gasteiger partial charge in [-0.3, -0.25) is 14.9 Å². The summed E-state index contributed by atoms with van der Waals surface area (Å²) in [5, 5.41) is 8.05. The fourth-order valence-electron chi connectivity index (χ4n) is 2.46. The third-order valence-corrected chi connectivity index (χ3v) is 3.82. The summed E-state index contributed by atoms with van der Waals surface area (Å²) in [5.74, 6) is 0.110. The van der Waals surface area contributed by atoms with Gasteiger partial charge in [0, 0.05) is 29.9 Å². The van der Waals surface area contributed by atoms with Gasteiger partial charge in [-0.05, 0) is 63.2 Å². The minimum atomic E-state index is -0.616. The lowest BCUT2D eigenvalue weighted by Gasteiger charge is -2.19. The third-order valence-electron chi connectivity index (χ3n) is 3.82. The Morgan fingerprint density at radius 3 is 2.03 bits per heavy atom. The minimum Gasteiger partial charge on any atom is -0.497 e. The predicted octanol–water partition coefficient (Wildman–Crippen LogP) is 3.20. The molecule has 0 aliphatic carbocycles. The van der Waals surface area contributed by atoms with E-state index in [-0.39, 0.29) is 24.9 Å². The highest BCUT2D eigenvalue weighted by Gasteiger charge is 2.16. The summed E-state index contributed by atoms with van der Waals surface area (Å²) in [7, 11) is 1.56. The highest BCUT2D eigenvalue weighted by atomic mass is 16.6. The maximum Gasteiger partial charge on any atom is 0.412 e. The fourth-order valence-corrected chi connectivity index (χ4v) is 2.46. The molecule has 0 aliphatic rings. The molecule has 0 unspecified atom stereocenters. The van der Waals surface area contributed by atoms with Crippen LogP contribution in [0.1, 0.15) is 41.5 Å². The van der Waals surface area contributed by atoms with Gasteiger partial charge < -0.3 is 20.1 Å². The maximum atomic E-state index is 12.3. The molecule has 0 saturated carbocycles. The van der Waals surface area contributed by atoms with E-state index in [1.807, 2.05) is 0 Å². The Hall–Kier alpha value is -3.55. The molecule has 2 aromatic carbocycles. The molecule has 0 atom stereocenters. The number of nitrogens with one attached hydrogen (secondary N) is 3. The molecule has 0 radical (unpaired) electrons. The Labute approximate surface area is 175 Å². The number of methoxy groups -OCH3 is 1. The van der Waals surface area contributed by atoms with Crippen molar-refractivity contribution in [3.63, 3.8) is 0 Å². The average molecular weight is 413 g/mol. The van der Waals surface area contributed by atoms with Crippen LogP contribution in [0.3, 0.4) is 0 Å². The number of anilines is 1. The summed E-state index contributed by atoms with van der Waals surface area (Å²) in [4.78, 5) is 36.3. The molecular formula is C22H27N3O5. The van der Waals surface area contributed by atoms with Crippen LogP contribution in [0, 0.1) is 0 Å². The van der Waals surface area contributed by atoms with E-state index in [0.29, 0.717) is 22.6 Å². The van der Waals surface area contributed by atoms with Gasteiger partial charge in [-0.15, -0.1) is 0 Å². The highest BCUT2D eigenvalue weighted by Crippen LogP contribution is 2.14. The molecule has 2 rings (SSSR count). The first-order valence-electron chi connectivity index (χ1n) is 9.48. The van der Waals surface area contributed by atoms with E-state index in [1.165, 1.54) is 0 Å². The van der Waals surface area contributed by atoms with E-state index in [2.05, 4.69) is 16.0 Å². The van der Waals surface area contributed by atoms with E-state index in [0.717, 1.165) is 0 Å². The van der Waals surface area contributed by atoms with E-state index in [1.54, 1.807) is 76.4 Å². The maximum absolute atomic E-state index is 12.3. The van der Waals surface area contributed by atoms with Crippen molar-refractivity contribution >= 4 is 23.6 Å². The van der Waals surface area contributed by atoms with Crippen molar-refractivity contribution < 1.29 is 23.9 Å². The number of amides is 3. The Bertz CT molecular complexity index is 888. The van der Waals surface area contributed by atoms with E-state index in [4.69, 9.17) is 9.47 Å². The molecule has 0 aliphatic heterocycles. The van der Waals surface area contributed by atoms with Crippen LogP contribution < -0.4 is 20.7 Å². The van der Waals surface area contributed by atoms with Crippen LogP contribution in [0.2, 0.25) is 0 Å². The number of hydrogen-bond donors (Lipinski definition) is 3. The zero-order valence-electron chi connectivity index (χ0n) is 17.6. The number of hydrogen-bond acceptors (Lipinski definition) is 5. The fraction of sp³-hybridized carbons (Fsp3) is 0.318. The molecule has 30 heavy (non-hydrogen) atoms. The molecule has 8 heteroatoms. The van der Waals surface area contributed by atoms with Crippen LogP contribution in [0.5, 0.6) is 5.75 Å². The highest BCUT2D eigenvalue weighted by molar-refractivity contribution is 5.96. The van der Waals surface area contributed by atoms with Gasteiger partial charge in [0.15, 0.2) is 0 Å². The van der Waals surface area contributed by atoms with Crippen molar-refractivity contribution in [2.45, 2.75) is 26.4 Å². The van der Waals surface area contributed by atoms with Gasteiger partial charge in [0.25, 0.3) is 11.8 Å². The molecule has 0 heterocycles. The van der Waals surface area contributed by atoms with Crippen molar-refractivity contribution in [2.75, 3.05) is 25.5 Å². The Kier molecular flexibility index (Phi) is 7.80. The van der Waals surface area contributed by atoms with Gasteiger partial charge in [-0.1, -0.05) is 6.07 Å². The number of benzene rings is 2. The summed E-state index contributed by atoms with van der Waals surface area (Å²) >= 11 is 0. The summed E-state index contributed by atoms with van der Waals surface area (Å²) in [6.45, 7) is 5.83. The monoisotopic (exact) mass is 413 g/mol. The molecule has 0 spiro atoms. The predicted molar refractivity (Wildman–Crippen MR) is 114 cm³/mol. The normalized spacial score (nSPS) is 10.7. The second kappa shape index (κ2) is 10.3. The lowest BCUT2D eigenvalue weighted by molar-refractivity contribution is 0.0635. The van der Waals surface area contributed by atoms with Crippen molar-refractivity contribution in [3.8, 4) is 5.75 Å². The van der Waals surface area contributed by atoms with E-state index < -0.39 is 11.7 Å². The van der Waals surface area contributed by atoms with Crippen molar-refractivity contribution in [1.29, 1.82) is 0 Å². The lowest BCUT2D eigenvalue weighted by atomic mass is 10.2. The van der Waals surface area contributed by atoms with E-state index >= 15 is 0 Å². The van der Waals surface area contributed by atoms with Gasteiger partial charge in [-0.25, -0.2) is 4.79 Å². The number of rotatable bonds is 7. The number of carbonyl (C=O) groups is 3.